The van der Waals surface area contributed by atoms with E-state index in [9.17, 15) is 40.3 Å². The normalized spacial score (nSPS) is 20.4. The van der Waals surface area contributed by atoms with Gasteiger partial charge in [-0.25, -0.2) is 5.84 Å². The van der Waals surface area contributed by atoms with Gasteiger partial charge in [0.25, 0.3) is 20.2 Å². The van der Waals surface area contributed by atoms with Gasteiger partial charge >= 0.3 is 0 Å². The summed E-state index contributed by atoms with van der Waals surface area (Å²) in [5, 5.41) is 5.60. The first-order valence-corrected chi connectivity index (χ1v) is 25.1. The number of nitrogens with one attached hydrogen (secondary N) is 3. The Morgan fingerprint density at radius 1 is 0.828 bits per heavy atom. The summed E-state index contributed by atoms with van der Waals surface area (Å²) in [5.74, 6) is 2.92. The molecule has 15 nitrogen and oxygen atoms in total. The molecule has 0 spiro atoms. The quantitative estimate of drug-likeness (QED) is 0.0170. The average Bonchev–Trinajstić information content (AvgIpc) is 3.58. The van der Waals surface area contributed by atoms with Crippen LogP contribution in [0.15, 0.2) is 94.6 Å². The minimum Gasteiger partial charge on any atom is -0.355 e. The van der Waals surface area contributed by atoms with E-state index in [1.54, 1.807) is 6.07 Å². The third-order valence-corrected chi connectivity index (χ3v) is 14.0. The lowest BCUT2D eigenvalue weighted by Gasteiger charge is -2.35. The standard InChI is InChI=1S/C47H64N6O9S2/c1-7-9-27-53-38-16-13-12-15-36(38)45(3,4)40(53)22-18-33-29-34(19-23-41-46(5,6)37-30-35(64(60,61)62)20-21-39(37)52(41)26-8-2)32-47(31-33,44(56)50-25-28-63(57,58)59)43(55)49-24-14-10-11-17-42(54)51-48/h12-13,15-16,18-23,29-30H,7-11,14,17,24-28,31-32,48H2,1-6H3,(H4-,49,50,51,54,55,56,57,58,59,60,61,62)/p+1. The molecule has 64 heavy (non-hydrogen) atoms. The average molecular weight is 922 g/mol. The highest BCUT2D eigenvalue weighted by Crippen LogP contribution is 2.49. The maximum absolute atomic E-state index is 14.6. The molecule has 0 radical (unpaired) electrons. The van der Waals surface area contributed by atoms with E-state index in [2.05, 4.69) is 64.5 Å². The number of nitrogens with two attached hydrogens (primary N) is 1. The summed E-state index contributed by atoms with van der Waals surface area (Å²) >= 11 is 0. The maximum atomic E-state index is 14.6. The zero-order valence-electron chi connectivity index (χ0n) is 37.9. The number of hydrogen-bond acceptors (Lipinski definition) is 9. The highest BCUT2D eigenvalue weighted by atomic mass is 32.2. The van der Waals surface area contributed by atoms with Crippen LogP contribution in [0.5, 0.6) is 0 Å². The Balaban J connectivity index is 1.63. The number of fused-ring (bicyclic) bond motifs is 2. The maximum Gasteiger partial charge on any atom is 0.294 e. The van der Waals surface area contributed by atoms with Gasteiger partial charge in [-0.2, -0.15) is 21.4 Å². The van der Waals surface area contributed by atoms with Crippen molar-refractivity contribution in [3.8, 4) is 0 Å². The number of anilines is 1. The summed E-state index contributed by atoms with van der Waals surface area (Å²) in [6.07, 6.45) is 14.3. The van der Waals surface area contributed by atoms with Gasteiger partial charge < -0.3 is 15.5 Å². The Hall–Kier alpha value is -4.94. The Morgan fingerprint density at radius 2 is 1.53 bits per heavy atom. The molecule has 17 heteroatoms. The van der Waals surface area contributed by atoms with E-state index in [1.165, 1.54) is 17.7 Å². The molecule has 348 valence electrons. The number of para-hydroxylation sites is 1. The van der Waals surface area contributed by atoms with Crippen molar-refractivity contribution in [2.75, 3.05) is 36.8 Å². The number of hydrazine groups is 1. The van der Waals surface area contributed by atoms with Gasteiger partial charge in [-0.1, -0.05) is 77.0 Å². The van der Waals surface area contributed by atoms with Crippen LogP contribution >= 0.6 is 0 Å². The lowest BCUT2D eigenvalue weighted by Crippen LogP contribution is -2.53. The molecule has 3 aliphatic rings. The van der Waals surface area contributed by atoms with Crippen LogP contribution in [0.3, 0.4) is 0 Å². The number of allylic oxidation sites excluding steroid dienone is 8. The van der Waals surface area contributed by atoms with Crippen LogP contribution in [-0.2, 0) is 45.4 Å². The molecule has 0 aromatic heterocycles. The summed E-state index contributed by atoms with van der Waals surface area (Å²) in [4.78, 5) is 42.7. The van der Waals surface area contributed by atoms with Crippen LogP contribution in [0.2, 0.25) is 0 Å². The summed E-state index contributed by atoms with van der Waals surface area (Å²) in [6, 6.07) is 12.9. The Kier molecular flexibility index (Phi) is 16.0. The van der Waals surface area contributed by atoms with E-state index in [0.29, 0.717) is 42.5 Å². The molecule has 5 rings (SSSR count). The monoisotopic (exact) mass is 921 g/mol. The third kappa shape index (κ3) is 11.3. The van der Waals surface area contributed by atoms with E-state index < -0.39 is 55.2 Å². The molecule has 1 atom stereocenters. The van der Waals surface area contributed by atoms with Gasteiger partial charge in [-0.3, -0.25) is 28.9 Å². The Labute approximate surface area is 378 Å². The van der Waals surface area contributed by atoms with Crippen molar-refractivity contribution in [3.05, 3.63) is 101 Å². The number of nitrogens with zero attached hydrogens (tertiary/aromatic N) is 2. The largest absolute Gasteiger partial charge is 0.355 e. The number of amides is 3. The number of carbonyl (C=O) groups is 3. The van der Waals surface area contributed by atoms with Crippen molar-refractivity contribution in [2.24, 2.45) is 11.3 Å². The van der Waals surface area contributed by atoms with Gasteiger partial charge in [0, 0.05) is 67.0 Å². The SMILES string of the molecule is CCCC[N+]1=C(/C=C/C2=CC(=C/C=C3/N(CCC)c4ccc(S(=O)(=O)O)cc4C3(C)C)/CC(C(=O)NCCCCCC(=O)NN)(C(=O)NCCS(=O)(=O)O)C2)C(C)(C)c2ccccc21. The fraction of sp³-hybridized carbons (Fsp3) is 0.489. The molecule has 1 aliphatic carbocycles. The molecular weight excluding hydrogens is 857 g/mol. The number of rotatable bonds is 20. The minimum atomic E-state index is -4.47. The second-order valence-corrected chi connectivity index (χ2v) is 20.9. The van der Waals surface area contributed by atoms with Gasteiger partial charge in [0.1, 0.15) is 12.0 Å². The van der Waals surface area contributed by atoms with Crippen LogP contribution in [0, 0.1) is 5.41 Å². The summed E-state index contributed by atoms with van der Waals surface area (Å²) in [7, 11) is -8.91. The molecule has 1 unspecified atom stereocenters. The van der Waals surface area contributed by atoms with Gasteiger partial charge in [0.15, 0.2) is 5.71 Å². The number of carbonyl (C=O) groups excluding carboxylic acids is 3. The van der Waals surface area contributed by atoms with E-state index in [4.69, 9.17) is 5.84 Å². The molecule has 2 aromatic carbocycles. The van der Waals surface area contributed by atoms with Gasteiger partial charge in [0.2, 0.25) is 23.4 Å². The molecule has 7 N–H and O–H groups in total. The predicted octanol–water partition coefficient (Wildman–Crippen LogP) is 6.06. The van der Waals surface area contributed by atoms with Crippen molar-refractivity contribution in [3.63, 3.8) is 0 Å². The molecule has 0 fully saturated rings. The molecule has 0 saturated carbocycles. The lowest BCUT2D eigenvalue weighted by molar-refractivity contribution is -0.438. The van der Waals surface area contributed by atoms with Crippen molar-refractivity contribution in [2.45, 2.75) is 115 Å². The van der Waals surface area contributed by atoms with Crippen molar-refractivity contribution < 1.29 is 44.9 Å². The first-order valence-electron chi connectivity index (χ1n) is 22.1. The highest BCUT2D eigenvalue weighted by Gasteiger charge is 2.49. The Morgan fingerprint density at radius 3 is 2.19 bits per heavy atom. The van der Waals surface area contributed by atoms with Crippen molar-refractivity contribution in [1.29, 1.82) is 0 Å². The van der Waals surface area contributed by atoms with Gasteiger partial charge in [-0.05, 0) is 86.9 Å². The zero-order valence-corrected chi connectivity index (χ0v) is 39.5. The predicted molar refractivity (Wildman–Crippen MR) is 249 cm³/mol. The van der Waals surface area contributed by atoms with E-state index in [1.807, 2.05) is 57.2 Å². The van der Waals surface area contributed by atoms with Crippen molar-refractivity contribution in [1.82, 2.24) is 16.1 Å². The first-order chi connectivity index (χ1) is 30.1. The highest BCUT2D eigenvalue weighted by molar-refractivity contribution is 7.86. The lowest BCUT2D eigenvalue weighted by atomic mass is 9.70. The molecular formula is C47H65N6O9S2+. The Bertz CT molecular complexity index is 2500. The van der Waals surface area contributed by atoms with Crippen LogP contribution in [-0.4, -0.2) is 85.9 Å². The van der Waals surface area contributed by atoms with Crippen LogP contribution in [0.25, 0.3) is 0 Å². The van der Waals surface area contributed by atoms with Gasteiger partial charge in [-0.15, -0.1) is 0 Å². The molecule has 0 saturated heterocycles. The summed E-state index contributed by atoms with van der Waals surface area (Å²) in [6.45, 7) is 13.7. The zero-order chi connectivity index (χ0) is 47.1. The van der Waals surface area contributed by atoms with E-state index >= 15 is 0 Å². The fourth-order valence-corrected chi connectivity index (χ4v) is 9.95. The summed E-state index contributed by atoms with van der Waals surface area (Å²) in [5.41, 5.74) is 6.29. The topological polar surface area (TPSA) is 228 Å². The second-order valence-electron chi connectivity index (χ2n) is 17.9. The number of hydrogen-bond donors (Lipinski definition) is 6. The fourth-order valence-electron chi connectivity index (χ4n) is 9.08. The van der Waals surface area contributed by atoms with E-state index in [-0.39, 0.29) is 42.0 Å². The van der Waals surface area contributed by atoms with Crippen molar-refractivity contribution >= 4 is 55.0 Å². The van der Waals surface area contributed by atoms with Crippen LogP contribution < -0.4 is 26.8 Å². The molecule has 2 aliphatic heterocycles. The molecule has 2 aromatic rings. The van der Waals surface area contributed by atoms with Gasteiger partial charge in [0.05, 0.1) is 16.1 Å². The number of unbranched alkanes of at least 4 members (excludes halogenated alkanes) is 3. The molecule has 0 bridgehead atoms. The summed E-state index contributed by atoms with van der Waals surface area (Å²) < 4.78 is 69.6. The van der Waals surface area contributed by atoms with Crippen LogP contribution in [0.4, 0.5) is 11.4 Å². The molecule has 3 amide bonds. The smallest absolute Gasteiger partial charge is 0.294 e. The minimum absolute atomic E-state index is 0.0233. The number of benzene rings is 2. The molecule has 2 heterocycles. The first kappa shape index (κ1) is 50.1. The van der Waals surface area contributed by atoms with Crippen LogP contribution in [0.1, 0.15) is 110 Å². The van der Waals surface area contributed by atoms with E-state index in [0.717, 1.165) is 48.6 Å². The second kappa shape index (κ2) is 20.5. The third-order valence-electron chi connectivity index (χ3n) is 12.5.